The minimum absolute atomic E-state index is 0.460. The van der Waals surface area contributed by atoms with Crippen molar-refractivity contribution in [2.24, 2.45) is 0 Å². The predicted octanol–water partition coefficient (Wildman–Crippen LogP) is 3.07. The van der Waals surface area contributed by atoms with Gasteiger partial charge < -0.3 is 4.98 Å². The van der Waals surface area contributed by atoms with Crippen molar-refractivity contribution >= 4 is 11.6 Å². The summed E-state index contributed by atoms with van der Waals surface area (Å²) < 4.78 is 0. The second-order valence-electron chi connectivity index (χ2n) is 3.92. The van der Waals surface area contributed by atoms with E-state index in [1.165, 1.54) is 16.7 Å². The number of nitrogens with one attached hydrogen (secondary N) is 1. The van der Waals surface area contributed by atoms with Crippen LogP contribution in [0.1, 0.15) is 29.7 Å². The molecule has 1 aliphatic rings. The minimum Gasteiger partial charge on any atom is -0.345 e. The van der Waals surface area contributed by atoms with Crippen LogP contribution in [0.5, 0.6) is 0 Å². The molecule has 0 radical (unpaired) electrons. The Bertz CT molecular complexity index is 509. The lowest BCUT2D eigenvalue weighted by atomic mass is 9.96. The summed E-state index contributed by atoms with van der Waals surface area (Å²) in [6.07, 6.45) is 5.85. The third-order valence-corrected chi connectivity index (χ3v) is 3.05. The Morgan fingerprint density at radius 1 is 1.27 bits per heavy atom. The van der Waals surface area contributed by atoms with E-state index in [2.05, 4.69) is 47.2 Å². The molecule has 74 valence electrons. The monoisotopic (exact) mass is 196 g/mol. The van der Waals surface area contributed by atoms with Crippen molar-refractivity contribution < 1.29 is 0 Å². The van der Waals surface area contributed by atoms with E-state index < -0.39 is 0 Å². The molecule has 15 heavy (non-hydrogen) atoms. The van der Waals surface area contributed by atoms with Crippen LogP contribution in [0.25, 0.3) is 11.6 Å². The van der Waals surface area contributed by atoms with E-state index in [1.54, 1.807) is 6.33 Å². The zero-order valence-electron chi connectivity index (χ0n) is 8.57. The fourth-order valence-electron chi connectivity index (χ4n) is 2.22. The van der Waals surface area contributed by atoms with Gasteiger partial charge >= 0.3 is 0 Å². The molecule has 1 N–H and O–H groups in total. The van der Waals surface area contributed by atoms with Gasteiger partial charge in [0.2, 0.25) is 0 Å². The standard InChI is InChI=1S/C13H12N2/c1-9-11-5-3-2-4-10(11)6-12(9)13-7-14-8-15-13/h2-9H,1H3,(H,14,15). The van der Waals surface area contributed by atoms with E-state index in [0.717, 1.165) is 5.69 Å². The van der Waals surface area contributed by atoms with Crippen molar-refractivity contribution in [3.63, 3.8) is 0 Å². The van der Waals surface area contributed by atoms with Crippen LogP contribution in [0.2, 0.25) is 0 Å². The molecule has 2 nitrogen and oxygen atoms in total. The Morgan fingerprint density at radius 2 is 2.13 bits per heavy atom. The Morgan fingerprint density at radius 3 is 2.87 bits per heavy atom. The molecule has 0 saturated heterocycles. The van der Waals surface area contributed by atoms with Crippen LogP contribution in [0.4, 0.5) is 0 Å². The number of nitrogens with zero attached hydrogens (tertiary/aromatic N) is 1. The lowest BCUT2D eigenvalue weighted by molar-refractivity contribution is 1.00. The van der Waals surface area contributed by atoms with Gasteiger partial charge in [0.1, 0.15) is 0 Å². The summed E-state index contributed by atoms with van der Waals surface area (Å²) in [5.74, 6) is 0.460. The molecule has 3 rings (SSSR count). The van der Waals surface area contributed by atoms with E-state index in [-0.39, 0.29) is 0 Å². The van der Waals surface area contributed by atoms with Crippen LogP contribution in [-0.2, 0) is 0 Å². The molecular weight excluding hydrogens is 184 g/mol. The van der Waals surface area contributed by atoms with Gasteiger partial charge in [0.25, 0.3) is 0 Å². The highest BCUT2D eigenvalue weighted by Crippen LogP contribution is 2.40. The summed E-state index contributed by atoms with van der Waals surface area (Å²) in [5.41, 5.74) is 5.18. The van der Waals surface area contributed by atoms with Crippen LogP contribution in [0.15, 0.2) is 36.8 Å². The maximum atomic E-state index is 4.07. The highest BCUT2D eigenvalue weighted by atomic mass is 14.9. The first-order chi connectivity index (χ1) is 7.36. The number of rotatable bonds is 1. The van der Waals surface area contributed by atoms with Gasteiger partial charge in [0.15, 0.2) is 0 Å². The molecule has 0 saturated carbocycles. The molecule has 1 aromatic heterocycles. The van der Waals surface area contributed by atoms with Crippen molar-refractivity contribution in [1.29, 1.82) is 0 Å². The lowest BCUT2D eigenvalue weighted by Crippen LogP contribution is -1.92. The zero-order chi connectivity index (χ0) is 10.3. The van der Waals surface area contributed by atoms with Crippen molar-refractivity contribution in [2.75, 3.05) is 0 Å². The highest BCUT2D eigenvalue weighted by Gasteiger charge is 2.22. The van der Waals surface area contributed by atoms with Gasteiger partial charge in [-0.25, -0.2) is 4.98 Å². The summed E-state index contributed by atoms with van der Waals surface area (Å²) >= 11 is 0. The van der Waals surface area contributed by atoms with Crippen LogP contribution >= 0.6 is 0 Å². The van der Waals surface area contributed by atoms with Crippen molar-refractivity contribution in [3.8, 4) is 0 Å². The average Bonchev–Trinajstić information content (AvgIpc) is 2.87. The third-order valence-electron chi connectivity index (χ3n) is 3.05. The van der Waals surface area contributed by atoms with Crippen LogP contribution in [-0.4, -0.2) is 9.97 Å². The quantitative estimate of drug-likeness (QED) is 0.746. The van der Waals surface area contributed by atoms with Crippen molar-refractivity contribution in [3.05, 3.63) is 53.6 Å². The van der Waals surface area contributed by atoms with Crippen LogP contribution in [0.3, 0.4) is 0 Å². The smallest absolute Gasteiger partial charge is 0.0924 e. The van der Waals surface area contributed by atoms with Gasteiger partial charge in [-0.3, -0.25) is 0 Å². The predicted molar refractivity (Wildman–Crippen MR) is 61.3 cm³/mol. The molecule has 0 spiro atoms. The molecular formula is C13H12N2. The molecule has 2 aromatic rings. The molecule has 0 fully saturated rings. The molecule has 2 heteroatoms. The van der Waals surface area contributed by atoms with Crippen LogP contribution in [0, 0.1) is 0 Å². The SMILES string of the molecule is CC1C(c2cnc[nH]2)=Cc2ccccc21. The number of benzene rings is 1. The van der Waals surface area contributed by atoms with E-state index in [9.17, 15) is 0 Å². The first kappa shape index (κ1) is 8.48. The number of allylic oxidation sites excluding steroid dienone is 1. The first-order valence-electron chi connectivity index (χ1n) is 5.15. The third kappa shape index (κ3) is 1.22. The largest absolute Gasteiger partial charge is 0.345 e. The molecule has 1 aliphatic carbocycles. The van der Waals surface area contributed by atoms with Gasteiger partial charge in [0.05, 0.1) is 18.2 Å². The molecule has 1 unspecified atom stereocenters. The van der Waals surface area contributed by atoms with Crippen molar-refractivity contribution in [1.82, 2.24) is 9.97 Å². The number of hydrogen-bond acceptors (Lipinski definition) is 1. The van der Waals surface area contributed by atoms with E-state index in [1.807, 2.05) is 6.20 Å². The molecule has 0 bridgehead atoms. The topological polar surface area (TPSA) is 28.7 Å². The Labute approximate surface area is 88.7 Å². The van der Waals surface area contributed by atoms with Gasteiger partial charge in [0, 0.05) is 5.92 Å². The fourth-order valence-corrected chi connectivity index (χ4v) is 2.22. The molecule has 0 amide bonds. The van der Waals surface area contributed by atoms with Gasteiger partial charge in [-0.1, -0.05) is 31.2 Å². The number of hydrogen-bond donors (Lipinski definition) is 1. The maximum Gasteiger partial charge on any atom is 0.0924 e. The summed E-state index contributed by atoms with van der Waals surface area (Å²) in [6.45, 7) is 2.23. The van der Waals surface area contributed by atoms with E-state index in [0.29, 0.717) is 5.92 Å². The van der Waals surface area contributed by atoms with Gasteiger partial charge in [-0.15, -0.1) is 0 Å². The molecule has 1 aromatic carbocycles. The fraction of sp³-hybridized carbons (Fsp3) is 0.154. The maximum absolute atomic E-state index is 4.07. The minimum atomic E-state index is 0.460. The van der Waals surface area contributed by atoms with E-state index >= 15 is 0 Å². The summed E-state index contributed by atoms with van der Waals surface area (Å²) in [7, 11) is 0. The Kier molecular flexibility index (Phi) is 1.75. The number of H-pyrrole nitrogens is 1. The Balaban J connectivity index is 2.11. The molecule has 1 atom stereocenters. The average molecular weight is 196 g/mol. The van der Waals surface area contributed by atoms with Gasteiger partial charge in [-0.05, 0) is 22.8 Å². The van der Waals surface area contributed by atoms with Gasteiger partial charge in [-0.2, -0.15) is 0 Å². The van der Waals surface area contributed by atoms with E-state index in [4.69, 9.17) is 0 Å². The number of fused-ring (bicyclic) bond motifs is 1. The molecule has 0 aliphatic heterocycles. The number of aromatic nitrogens is 2. The lowest BCUT2D eigenvalue weighted by Gasteiger charge is -2.08. The van der Waals surface area contributed by atoms with Crippen molar-refractivity contribution in [2.45, 2.75) is 12.8 Å². The van der Waals surface area contributed by atoms with Crippen LogP contribution < -0.4 is 0 Å². The highest BCUT2D eigenvalue weighted by molar-refractivity contribution is 5.89. The summed E-state index contributed by atoms with van der Waals surface area (Å²) in [4.78, 5) is 7.23. The normalized spacial score (nSPS) is 18.7. The Hall–Kier alpha value is -1.83. The second-order valence-corrected chi connectivity index (χ2v) is 3.92. The zero-order valence-corrected chi connectivity index (χ0v) is 8.57. The number of imidazole rings is 1. The first-order valence-corrected chi connectivity index (χ1v) is 5.15. The second kappa shape index (κ2) is 3.09. The molecule has 1 heterocycles. The summed E-state index contributed by atoms with van der Waals surface area (Å²) in [6, 6.07) is 8.53. The number of aromatic amines is 1. The summed E-state index contributed by atoms with van der Waals surface area (Å²) in [5, 5.41) is 0.